The first-order valence-electron chi connectivity index (χ1n) is 22.9. The summed E-state index contributed by atoms with van der Waals surface area (Å²) >= 11 is 0. The number of H-pyrrole nitrogens is 1. The van der Waals surface area contributed by atoms with Gasteiger partial charge in [-0.2, -0.15) is 12.7 Å². The zero-order valence-corrected chi connectivity index (χ0v) is 38.1. The van der Waals surface area contributed by atoms with Gasteiger partial charge in [-0.1, -0.05) is 0 Å². The van der Waals surface area contributed by atoms with Gasteiger partial charge in [-0.25, -0.2) is 28.1 Å². The van der Waals surface area contributed by atoms with Crippen molar-refractivity contribution in [2.45, 2.75) is 63.8 Å². The highest BCUT2D eigenvalue weighted by Gasteiger charge is 2.40. The molecule has 0 radical (unpaired) electrons. The predicted octanol–water partition coefficient (Wildman–Crippen LogP) is 4.59. The highest BCUT2D eigenvalue weighted by Crippen LogP contribution is 2.34. The van der Waals surface area contributed by atoms with Gasteiger partial charge in [-0.3, -0.25) is 34.1 Å². The number of imide groups is 1. The fraction of sp³-hybridized carbons (Fsp3) is 0.426. The van der Waals surface area contributed by atoms with E-state index in [1.54, 1.807) is 29.6 Å². The van der Waals surface area contributed by atoms with Crippen LogP contribution in [0.15, 0.2) is 61.2 Å². The quantitative estimate of drug-likeness (QED) is 0.117. The van der Waals surface area contributed by atoms with Crippen molar-refractivity contribution in [3.05, 3.63) is 101 Å². The second-order valence-electron chi connectivity index (χ2n) is 18.3. The molecule has 3 amide bonds. The van der Waals surface area contributed by atoms with Gasteiger partial charge in [0.15, 0.2) is 5.82 Å². The van der Waals surface area contributed by atoms with Gasteiger partial charge in [0.1, 0.15) is 29.5 Å². The molecule has 0 saturated carbocycles. The third-order valence-electron chi connectivity index (χ3n) is 14.1. The van der Waals surface area contributed by atoms with Crippen molar-refractivity contribution < 1.29 is 40.8 Å². The average Bonchev–Trinajstić information content (AvgIpc) is 4.07. The predicted molar refractivity (Wildman–Crippen MR) is 244 cm³/mol. The summed E-state index contributed by atoms with van der Waals surface area (Å²) < 4.78 is 73.1. The number of carbonyl (C=O) groups excluding carboxylic acids is 4. The standard InChI is InChI=1S/C47H50F3N11O6S/c1-27(58-16-14-57(15-17-58)24-28-8-11-59(12-9-28)33-2-3-34-30(18-33)25-61(47(34)65)39-6-7-40(62)55-46(39)64)44-51-21-31(22-52-44)29-19-35-36(23-54-45(35)53-20-29)43(63)41-37(49)4-5-38(42(41)50)56-68(66,67)60-13-10-32(48)26-60/h2-5,18-23,27-28,32,39,56H,6-17,24-26H2,1H3,(H,53,54)(H,55,62,64)/t27-,32-,39+/m1/s1. The summed E-state index contributed by atoms with van der Waals surface area (Å²) in [6.45, 7) is 8.34. The molecule has 0 spiro atoms. The van der Waals surface area contributed by atoms with E-state index in [1.807, 2.05) is 16.9 Å². The van der Waals surface area contributed by atoms with Crippen molar-refractivity contribution in [1.29, 1.82) is 0 Å². The number of amides is 3. The summed E-state index contributed by atoms with van der Waals surface area (Å²) in [7, 11) is -4.37. The van der Waals surface area contributed by atoms with Crippen molar-refractivity contribution in [1.82, 2.24) is 44.3 Å². The number of hydrogen-bond donors (Lipinski definition) is 3. The minimum Gasteiger partial charge on any atom is -0.372 e. The molecular weight excluding hydrogens is 904 g/mol. The molecule has 0 bridgehead atoms. The maximum Gasteiger partial charge on any atom is 0.301 e. The summed E-state index contributed by atoms with van der Waals surface area (Å²) in [6.07, 6.45) is 7.54. The van der Waals surface area contributed by atoms with Crippen molar-refractivity contribution in [3.63, 3.8) is 0 Å². The number of fused-ring (bicyclic) bond motifs is 2. The summed E-state index contributed by atoms with van der Waals surface area (Å²) in [5, 5.41) is 2.64. The first kappa shape index (κ1) is 45.5. The van der Waals surface area contributed by atoms with Crippen LogP contribution < -0.4 is 14.9 Å². The van der Waals surface area contributed by atoms with E-state index in [-0.39, 0.29) is 53.8 Å². The van der Waals surface area contributed by atoms with E-state index in [2.05, 4.69) is 43.0 Å². The molecule has 5 aliphatic rings. The first-order chi connectivity index (χ1) is 32.7. The molecule has 8 heterocycles. The lowest BCUT2D eigenvalue weighted by molar-refractivity contribution is -0.136. The molecule has 3 N–H and O–H groups in total. The Hall–Kier alpha value is -6.29. The van der Waals surface area contributed by atoms with E-state index in [9.17, 15) is 32.0 Å². The highest BCUT2D eigenvalue weighted by atomic mass is 32.2. The SMILES string of the molecule is C[C@H](c1ncc(-c2cnc3[nH]cc(C(=O)c4c(F)ccc(NS(=O)(=O)N5CC[C@@H](F)C5)c4F)c3c2)cn1)N1CCN(CC2CCN(c3ccc4c(c3)CN([C@H]3CCC(=O)NC3=O)C4=O)CC2)CC1. The number of halogens is 3. The number of alkyl halides is 1. The van der Waals surface area contributed by atoms with Crippen LogP contribution in [0.1, 0.15) is 82.7 Å². The lowest BCUT2D eigenvalue weighted by Gasteiger charge is -2.40. The molecule has 3 atom stereocenters. The Labute approximate surface area is 390 Å². The average molecular weight is 954 g/mol. The number of piperidine rings is 2. The number of benzene rings is 2. The van der Waals surface area contributed by atoms with E-state index in [0.29, 0.717) is 41.4 Å². The lowest BCUT2D eigenvalue weighted by atomic mass is 9.95. The third-order valence-corrected chi connectivity index (χ3v) is 15.6. The van der Waals surface area contributed by atoms with Gasteiger partial charge in [0.2, 0.25) is 17.6 Å². The zero-order chi connectivity index (χ0) is 47.4. The van der Waals surface area contributed by atoms with Gasteiger partial charge in [-0.15, -0.1) is 0 Å². The zero-order valence-electron chi connectivity index (χ0n) is 37.3. The van der Waals surface area contributed by atoms with Gasteiger partial charge >= 0.3 is 10.2 Å². The molecule has 2 aromatic carbocycles. The number of anilines is 2. The molecule has 0 unspecified atom stereocenters. The minimum atomic E-state index is -4.37. The van der Waals surface area contributed by atoms with Crippen LogP contribution in [0.4, 0.5) is 24.5 Å². The second-order valence-corrected chi connectivity index (χ2v) is 20.0. The molecule has 5 aliphatic heterocycles. The Kier molecular flexibility index (Phi) is 12.3. The van der Waals surface area contributed by atoms with Crippen LogP contribution >= 0.6 is 0 Å². The van der Waals surface area contributed by atoms with Crippen LogP contribution in [0.2, 0.25) is 0 Å². The minimum absolute atomic E-state index is 0.00388. The van der Waals surface area contributed by atoms with E-state index in [4.69, 9.17) is 9.97 Å². The number of carbonyl (C=O) groups is 4. The van der Waals surface area contributed by atoms with Crippen LogP contribution in [0.25, 0.3) is 22.2 Å². The van der Waals surface area contributed by atoms with Crippen LogP contribution in [-0.4, -0.2) is 142 Å². The van der Waals surface area contributed by atoms with Crippen molar-refractivity contribution in [2.24, 2.45) is 5.92 Å². The Morgan fingerprint density at radius 2 is 1.65 bits per heavy atom. The van der Waals surface area contributed by atoms with Gasteiger partial charge in [0.05, 0.1) is 17.3 Å². The fourth-order valence-electron chi connectivity index (χ4n) is 10.1. The lowest BCUT2D eigenvalue weighted by Crippen LogP contribution is -2.52. The number of ketones is 1. The van der Waals surface area contributed by atoms with Gasteiger partial charge in [0.25, 0.3) is 5.91 Å². The van der Waals surface area contributed by atoms with Crippen LogP contribution in [0.3, 0.4) is 0 Å². The number of aromatic nitrogens is 4. The number of hydrogen-bond acceptors (Lipinski definition) is 12. The summed E-state index contributed by atoms with van der Waals surface area (Å²) in [5.74, 6) is -3.28. The molecule has 10 rings (SSSR count). The Bertz CT molecular complexity index is 2920. The van der Waals surface area contributed by atoms with Gasteiger partial charge in [-0.05, 0) is 80.5 Å². The monoisotopic (exact) mass is 953 g/mol. The molecule has 0 aliphatic carbocycles. The Balaban J connectivity index is 0.723. The van der Waals surface area contributed by atoms with Crippen molar-refractivity contribution in [3.8, 4) is 11.1 Å². The summed E-state index contributed by atoms with van der Waals surface area (Å²) in [6, 6.07) is 8.59. The third kappa shape index (κ3) is 8.83. The number of piperazine rings is 1. The normalized spacial score (nSPS) is 21.7. The number of nitrogens with zero attached hydrogens (tertiary/aromatic N) is 8. The Morgan fingerprint density at radius 1 is 0.897 bits per heavy atom. The summed E-state index contributed by atoms with van der Waals surface area (Å²) in [5.41, 5.74) is 2.39. The van der Waals surface area contributed by atoms with Crippen molar-refractivity contribution >= 4 is 56.1 Å². The number of aromatic amines is 1. The van der Waals surface area contributed by atoms with Gasteiger partial charge < -0.3 is 19.7 Å². The first-order valence-corrected chi connectivity index (χ1v) is 24.4. The second kappa shape index (κ2) is 18.3. The van der Waals surface area contributed by atoms with Gasteiger partial charge in [0, 0.05) is 130 Å². The molecule has 5 aromatic rings. The maximum atomic E-state index is 15.8. The molecule has 4 fully saturated rings. The molecule has 68 heavy (non-hydrogen) atoms. The molecule has 21 heteroatoms. The van der Waals surface area contributed by atoms with E-state index in [1.165, 1.54) is 6.20 Å². The smallest absolute Gasteiger partial charge is 0.301 e. The Morgan fingerprint density at radius 3 is 2.37 bits per heavy atom. The highest BCUT2D eigenvalue weighted by molar-refractivity contribution is 7.90. The van der Waals surface area contributed by atoms with Crippen LogP contribution in [-0.2, 0) is 26.3 Å². The molecule has 3 aromatic heterocycles. The molecule has 4 saturated heterocycles. The van der Waals surface area contributed by atoms with Crippen molar-refractivity contribution in [2.75, 3.05) is 68.5 Å². The number of pyridine rings is 1. The fourth-order valence-corrected chi connectivity index (χ4v) is 11.4. The van der Waals surface area contributed by atoms with Crippen LogP contribution in [0, 0.1) is 17.6 Å². The molecule has 17 nitrogen and oxygen atoms in total. The summed E-state index contributed by atoms with van der Waals surface area (Å²) in [4.78, 5) is 76.6. The topological polar surface area (TPSA) is 197 Å². The number of rotatable bonds is 12. The molecule has 356 valence electrons. The largest absolute Gasteiger partial charge is 0.372 e. The van der Waals surface area contributed by atoms with E-state index >= 15 is 8.78 Å². The van der Waals surface area contributed by atoms with E-state index < -0.39 is 63.5 Å². The maximum absolute atomic E-state index is 15.8. The van der Waals surface area contributed by atoms with E-state index in [0.717, 1.165) is 86.3 Å². The van der Waals surface area contributed by atoms with Crippen LogP contribution in [0.5, 0.6) is 0 Å². The number of nitrogens with one attached hydrogen (secondary N) is 3. The molecular formula is C47H50F3N11O6S.